The van der Waals surface area contributed by atoms with Crippen LogP contribution in [0.15, 0.2) is 34.7 Å². The molecule has 17 heavy (non-hydrogen) atoms. The summed E-state index contributed by atoms with van der Waals surface area (Å²) in [5.41, 5.74) is 6.40. The molecule has 0 aliphatic heterocycles. The largest absolute Gasteiger partial charge is 0.366 e. The lowest BCUT2D eigenvalue weighted by molar-refractivity contribution is 0.100. The maximum absolute atomic E-state index is 11.3. The highest BCUT2D eigenvalue weighted by atomic mass is 32.2. The van der Waals surface area contributed by atoms with Gasteiger partial charge in [-0.25, -0.2) is 4.98 Å². The van der Waals surface area contributed by atoms with E-state index in [2.05, 4.69) is 4.98 Å². The highest BCUT2D eigenvalue weighted by molar-refractivity contribution is 7.86. The monoisotopic (exact) mass is 266 g/mol. The molecule has 1 atom stereocenters. The summed E-state index contributed by atoms with van der Waals surface area (Å²) in [4.78, 5) is 15.4. The van der Waals surface area contributed by atoms with Crippen molar-refractivity contribution in [1.29, 1.82) is 0 Å². The molecule has 1 aromatic carbocycles. The van der Waals surface area contributed by atoms with Gasteiger partial charge >= 0.3 is 0 Å². The second-order valence-electron chi connectivity index (χ2n) is 3.35. The second-order valence-corrected chi connectivity index (χ2v) is 5.99. The molecule has 1 aromatic heterocycles. The summed E-state index contributed by atoms with van der Waals surface area (Å²) in [5, 5.41) is 0.657. The zero-order chi connectivity index (χ0) is 12.4. The van der Waals surface area contributed by atoms with E-state index in [0.29, 0.717) is 20.3 Å². The summed E-state index contributed by atoms with van der Waals surface area (Å²) in [6.07, 6.45) is 3.16. The van der Waals surface area contributed by atoms with Gasteiger partial charge in [-0.05, 0) is 6.07 Å². The highest BCUT2D eigenvalue weighted by Crippen LogP contribution is 2.29. The van der Waals surface area contributed by atoms with E-state index in [9.17, 15) is 9.00 Å². The molecule has 0 saturated carbocycles. The summed E-state index contributed by atoms with van der Waals surface area (Å²) < 4.78 is 12.0. The first-order valence-electron chi connectivity index (χ1n) is 4.78. The minimum Gasteiger partial charge on any atom is -0.366 e. The first-order valence-corrected chi connectivity index (χ1v) is 7.15. The number of primary amides is 1. The van der Waals surface area contributed by atoms with Gasteiger partial charge in [-0.3, -0.25) is 9.00 Å². The molecule has 0 saturated heterocycles. The number of nitrogens with zero attached hydrogens (tertiary/aromatic N) is 1. The van der Waals surface area contributed by atoms with E-state index in [1.54, 1.807) is 30.7 Å². The van der Waals surface area contributed by atoms with Crippen LogP contribution in [0.2, 0.25) is 0 Å². The van der Waals surface area contributed by atoms with Gasteiger partial charge in [-0.2, -0.15) is 0 Å². The molecule has 0 aliphatic carbocycles. The van der Waals surface area contributed by atoms with Gasteiger partial charge in [0.25, 0.3) is 0 Å². The number of aromatic nitrogens is 1. The lowest BCUT2D eigenvalue weighted by Gasteiger charge is -2.01. The van der Waals surface area contributed by atoms with E-state index in [-0.39, 0.29) is 0 Å². The number of amides is 1. The molecule has 1 heterocycles. The molecular formula is C11H10N2O2S2. The zero-order valence-corrected chi connectivity index (χ0v) is 10.7. The number of carbonyl (C=O) groups is 1. The van der Waals surface area contributed by atoms with Crippen LogP contribution in [0, 0.1) is 0 Å². The molecule has 2 rings (SSSR count). The minimum atomic E-state index is -1.06. The van der Waals surface area contributed by atoms with E-state index in [1.807, 2.05) is 6.07 Å². The minimum absolute atomic E-state index is 0.426. The Kier molecular flexibility index (Phi) is 3.35. The fourth-order valence-electron chi connectivity index (χ4n) is 1.40. The van der Waals surface area contributed by atoms with Crippen LogP contribution >= 0.6 is 11.3 Å². The van der Waals surface area contributed by atoms with Crippen molar-refractivity contribution < 1.29 is 9.00 Å². The summed E-state index contributed by atoms with van der Waals surface area (Å²) >= 11 is 1.31. The molecule has 2 N–H and O–H groups in total. The van der Waals surface area contributed by atoms with Gasteiger partial charge in [0.05, 0.1) is 17.0 Å². The predicted molar refractivity (Wildman–Crippen MR) is 68.4 cm³/mol. The quantitative estimate of drug-likeness (QED) is 0.918. The molecule has 1 amide bonds. The van der Waals surface area contributed by atoms with Crippen molar-refractivity contribution in [3.8, 4) is 10.6 Å². The maximum atomic E-state index is 11.3. The Labute approximate surface area is 105 Å². The van der Waals surface area contributed by atoms with Crippen molar-refractivity contribution >= 4 is 28.0 Å². The molecular weight excluding hydrogens is 256 g/mol. The van der Waals surface area contributed by atoms with E-state index in [4.69, 9.17) is 5.73 Å². The molecule has 0 fully saturated rings. The number of nitrogens with two attached hydrogens (primary N) is 1. The molecule has 0 aliphatic rings. The highest BCUT2D eigenvalue weighted by Gasteiger charge is 2.13. The number of hydrogen-bond donors (Lipinski definition) is 1. The molecule has 4 nitrogen and oxygen atoms in total. The predicted octanol–water partition coefficient (Wildman–Crippen LogP) is 1.65. The van der Waals surface area contributed by atoms with Crippen molar-refractivity contribution in [3.05, 3.63) is 36.0 Å². The van der Waals surface area contributed by atoms with Gasteiger partial charge in [-0.15, -0.1) is 11.3 Å². The number of hydrogen-bond acceptors (Lipinski definition) is 4. The number of thiazole rings is 1. The topological polar surface area (TPSA) is 73.1 Å². The molecule has 6 heteroatoms. The summed E-state index contributed by atoms with van der Waals surface area (Å²) in [7, 11) is -1.06. The summed E-state index contributed by atoms with van der Waals surface area (Å²) in [5.74, 6) is -0.491. The Morgan fingerprint density at radius 3 is 2.71 bits per heavy atom. The van der Waals surface area contributed by atoms with Crippen molar-refractivity contribution in [3.63, 3.8) is 0 Å². The average molecular weight is 266 g/mol. The first-order chi connectivity index (χ1) is 8.09. The molecule has 88 valence electrons. The normalized spacial score (nSPS) is 12.3. The van der Waals surface area contributed by atoms with Crippen LogP contribution in [0.1, 0.15) is 10.4 Å². The Hall–Kier alpha value is -1.53. The Morgan fingerprint density at radius 2 is 2.12 bits per heavy atom. The van der Waals surface area contributed by atoms with Gasteiger partial charge in [0, 0.05) is 17.4 Å². The van der Waals surface area contributed by atoms with Crippen molar-refractivity contribution in [2.75, 3.05) is 6.26 Å². The van der Waals surface area contributed by atoms with Gasteiger partial charge in [0.1, 0.15) is 9.22 Å². The van der Waals surface area contributed by atoms with Crippen LogP contribution in [-0.4, -0.2) is 21.4 Å². The summed E-state index contributed by atoms with van der Waals surface area (Å²) in [6.45, 7) is 0. The molecule has 0 bridgehead atoms. The van der Waals surface area contributed by atoms with Crippen LogP contribution < -0.4 is 5.73 Å². The van der Waals surface area contributed by atoms with Crippen LogP contribution in [0.25, 0.3) is 10.6 Å². The molecule has 0 spiro atoms. The van der Waals surface area contributed by atoms with E-state index < -0.39 is 16.7 Å². The van der Waals surface area contributed by atoms with Crippen LogP contribution in [0.5, 0.6) is 0 Å². The molecule has 2 aromatic rings. The van der Waals surface area contributed by atoms with Crippen LogP contribution in [0.4, 0.5) is 0 Å². The number of benzene rings is 1. The Morgan fingerprint density at radius 1 is 1.41 bits per heavy atom. The summed E-state index contributed by atoms with van der Waals surface area (Å²) in [6, 6.07) is 6.99. The fourth-order valence-corrected chi connectivity index (χ4v) is 3.00. The van der Waals surface area contributed by atoms with E-state index in [1.165, 1.54) is 11.3 Å². The third kappa shape index (κ3) is 2.42. The fraction of sp³-hybridized carbons (Fsp3) is 0.0909. The third-order valence-electron chi connectivity index (χ3n) is 2.19. The standard InChI is InChI=1S/C11H10N2O2S2/c1-17(15)9-6-13-11(16-9)8-5-3-2-4-7(8)10(12)14/h2-6H,1H3,(H2,12,14). The van der Waals surface area contributed by atoms with Crippen molar-refractivity contribution in [2.24, 2.45) is 5.73 Å². The van der Waals surface area contributed by atoms with E-state index in [0.717, 1.165) is 0 Å². The van der Waals surface area contributed by atoms with Gasteiger partial charge in [0.15, 0.2) is 0 Å². The molecule has 0 radical (unpaired) electrons. The van der Waals surface area contributed by atoms with Gasteiger partial charge < -0.3 is 5.73 Å². The number of rotatable bonds is 3. The average Bonchev–Trinajstić information content (AvgIpc) is 2.78. The first kappa shape index (κ1) is 11.9. The second kappa shape index (κ2) is 4.77. The Bertz CT molecular complexity index is 593. The lowest BCUT2D eigenvalue weighted by atomic mass is 10.1. The van der Waals surface area contributed by atoms with Gasteiger partial charge in [-0.1, -0.05) is 18.2 Å². The smallest absolute Gasteiger partial charge is 0.249 e. The van der Waals surface area contributed by atoms with Crippen molar-refractivity contribution in [2.45, 2.75) is 4.21 Å². The van der Waals surface area contributed by atoms with E-state index >= 15 is 0 Å². The third-order valence-corrected chi connectivity index (χ3v) is 4.64. The van der Waals surface area contributed by atoms with Crippen molar-refractivity contribution in [1.82, 2.24) is 4.98 Å². The van der Waals surface area contributed by atoms with Crippen LogP contribution in [0.3, 0.4) is 0 Å². The van der Waals surface area contributed by atoms with Gasteiger partial charge in [0.2, 0.25) is 5.91 Å². The maximum Gasteiger partial charge on any atom is 0.249 e. The SMILES string of the molecule is CS(=O)c1cnc(-c2ccccc2C(N)=O)s1. The lowest BCUT2D eigenvalue weighted by Crippen LogP contribution is -2.12. The van der Waals surface area contributed by atoms with Crippen LogP contribution in [-0.2, 0) is 10.8 Å². The molecule has 1 unspecified atom stereocenters. The number of carbonyl (C=O) groups excluding carboxylic acids is 1. The Balaban J connectivity index is 2.52. The zero-order valence-electron chi connectivity index (χ0n) is 9.04.